The maximum absolute atomic E-state index is 11.2. The Hall–Kier alpha value is -1.66. The van der Waals surface area contributed by atoms with Gasteiger partial charge < -0.3 is 10.4 Å². The Morgan fingerprint density at radius 2 is 1.89 bits per heavy atom. The Kier molecular flexibility index (Phi) is 4.01. The zero-order chi connectivity index (χ0) is 14.0. The zero-order valence-corrected chi connectivity index (χ0v) is 12.3. The van der Waals surface area contributed by atoms with Crippen LogP contribution in [-0.4, -0.2) is 17.0 Å². The summed E-state index contributed by atoms with van der Waals surface area (Å²) in [5.41, 5.74) is 1.21. The molecule has 0 atom stereocenters. The van der Waals surface area contributed by atoms with Crippen molar-refractivity contribution in [3.8, 4) is 10.4 Å². The van der Waals surface area contributed by atoms with Gasteiger partial charge in [0, 0.05) is 6.92 Å². The molecule has 0 aliphatic heterocycles. The van der Waals surface area contributed by atoms with Crippen molar-refractivity contribution in [2.75, 3.05) is 5.32 Å². The summed E-state index contributed by atoms with van der Waals surface area (Å²) in [5.74, 6) is -1.36. The summed E-state index contributed by atoms with van der Waals surface area (Å²) in [7, 11) is 0. The second-order valence-corrected chi connectivity index (χ2v) is 5.62. The van der Waals surface area contributed by atoms with Crippen LogP contribution in [-0.2, 0) is 4.79 Å². The van der Waals surface area contributed by atoms with E-state index in [4.69, 9.17) is 0 Å². The van der Waals surface area contributed by atoms with Crippen LogP contribution in [0.5, 0.6) is 0 Å². The molecular weight excluding hydrogens is 330 g/mol. The number of carboxylic acid groups (broad SMARTS) is 1. The lowest BCUT2D eigenvalue weighted by molar-refractivity contribution is -0.114. The quantitative estimate of drug-likeness (QED) is 0.892. The molecule has 1 amide bonds. The predicted octanol–water partition coefficient (Wildman–Crippen LogP) is 3.83. The van der Waals surface area contributed by atoms with Crippen molar-refractivity contribution in [1.82, 2.24) is 0 Å². The molecule has 98 valence electrons. The van der Waals surface area contributed by atoms with Crippen LogP contribution < -0.4 is 5.32 Å². The van der Waals surface area contributed by atoms with Gasteiger partial charge in [-0.3, -0.25) is 4.79 Å². The van der Waals surface area contributed by atoms with Crippen molar-refractivity contribution in [2.24, 2.45) is 0 Å². The molecule has 0 fully saturated rings. The van der Waals surface area contributed by atoms with Crippen molar-refractivity contribution in [3.05, 3.63) is 39.7 Å². The molecule has 19 heavy (non-hydrogen) atoms. The van der Waals surface area contributed by atoms with Gasteiger partial charge in [-0.15, -0.1) is 11.3 Å². The van der Waals surface area contributed by atoms with E-state index in [0.717, 1.165) is 21.8 Å². The zero-order valence-electron chi connectivity index (χ0n) is 9.94. The first-order valence-corrected chi connectivity index (χ1v) is 7.00. The molecule has 2 N–H and O–H groups in total. The number of rotatable bonds is 3. The first-order valence-electron chi connectivity index (χ1n) is 5.39. The van der Waals surface area contributed by atoms with Crippen molar-refractivity contribution >= 4 is 44.8 Å². The molecule has 1 aromatic heterocycles. The van der Waals surface area contributed by atoms with Crippen LogP contribution in [0.4, 0.5) is 5.69 Å². The highest BCUT2D eigenvalue weighted by Gasteiger charge is 2.22. The van der Waals surface area contributed by atoms with Gasteiger partial charge in [-0.25, -0.2) is 4.79 Å². The van der Waals surface area contributed by atoms with Crippen LogP contribution in [0.1, 0.15) is 16.6 Å². The second kappa shape index (κ2) is 5.54. The van der Waals surface area contributed by atoms with E-state index in [2.05, 4.69) is 21.2 Å². The number of hydrogen-bond acceptors (Lipinski definition) is 3. The number of thiophene rings is 1. The monoisotopic (exact) mass is 339 g/mol. The van der Waals surface area contributed by atoms with Gasteiger partial charge in [-0.1, -0.05) is 30.3 Å². The molecule has 1 aromatic carbocycles. The summed E-state index contributed by atoms with van der Waals surface area (Å²) in [4.78, 5) is 23.3. The van der Waals surface area contributed by atoms with Gasteiger partial charge in [0.2, 0.25) is 5.91 Å². The Balaban J connectivity index is 2.59. The summed E-state index contributed by atoms with van der Waals surface area (Å²) in [6.45, 7) is 1.35. The number of hydrogen-bond donors (Lipinski definition) is 2. The lowest BCUT2D eigenvalue weighted by Gasteiger charge is -2.02. The third-order valence-corrected chi connectivity index (χ3v) is 4.66. The Morgan fingerprint density at radius 1 is 1.26 bits per heavy atom. The molecular formula is C13H10BrNO3S. The van der Waals surface area contributed by atoms with Crippen molar-refractivity contribution < 1.29 is 14.7 Å². The molecule has 0 aliphatic rings. The maximum atomic E-state index is 11.2. The van der Waals surface area contributed by atoms with Gasteiger partial charge >= 0.3 is 5.97 Å². The van der Waals surface area contributed by atoms with Crippen LogP contribution >= 0.6 is 27.3 Å². The highest BCUT2D eigenvalue weighted by Crippen LogP contribution is 2.43. The van der Waals surface area contributed by atoms with Gasteiger partial charge in [0.1, 0.15) is 4.88 Å². The van der Waals surface area contributed by atoms with Crippen LogP contribution in [0, 0.1) is 0 Å². The molecule has 4 nitrogen and oxygen atoms in total. The number of halogens is 1. The number of amides is 1. The number of carbonyl (C=O) groups excluding carboxylic acids is 1. The van der Waals surface area contributed by atoms with Gasteiger partial charge in [-0.2, -0.15) is 0 Å². The van der Waals surface area contributed by atoms with Gasteiger partial charge in [0.05, 0.1) is 15.0 Å². The Labute approximate surface area is 122 Å². The number of carbonyl (C=O) groups is 2. The largest absolute Gasteiger partial charge is 0.477 e. The van der Waals surface area contributed by atoms with Gasteiger partial charge in [0.25, 0.3) is 0 Å². The third kappa shape index (κ3) is 2.85. The molecule has 0 saturated carbocycles. The minimum Gasteiger partial charge on any atom is -0.477 e. The highest BCUT2D eigenvalue weighted by atomic mass is 79.9. The molecule has 0 unspecified atom stereocenters. The third-order valence-electron chi connectivity index (χ3n) is 2.38. The van der Waals surface area contributed by atoms with E-state index >= 15 is 0 Å². The average molecular weight is 340 g/mol. The standard InChI is InChI=1S/C13H10BrNO3S/c1-7(16)15-10-9(14)11(19-12(10)13(17)18)8-5-3-2-4-6-8/h2-6H,1H3,(H,15,16)(H,17,18). The maximum Gasteiger partial charge on any atom is 0.348 e. The predicted molar refractivity (Wildman–Crippen MR) is 78.7 cm³/mol. The van der Waals surface area contributed by atoms with E-state index < -0.39 is 5.97 Å². The lowest BCUT2D eigenvalue weighted by Crippen LogP contribution is -2.08. The van der Waals surface area contributed by atoms with Crippen LogP contribution in [0.3, 0.4) is 0 Å². The van der Waals surface area contributed by atoms with Crippen molar-refractivity contribution in [1.29, 1.82) is 0 Å². The second-order valence-electron chi connectivity index (χ2n) is 3.80. The van der Waals surface area contributed by atoms with E-state index in [0.29, 0.717) is 10.2 Å². The number of carboxylic acids is 1. The smallest absolute Gasteiger partial charge is 0.348 e. The van der Waals surface area contributed by atoms with Crippen LogP contribution in [0.15, 0.2) is 34.8 Å². The number of anilines is 1. The molecule has 0 spiro atoms. The Bertz CT molecular complexity index is 637. The molecule has 0 aliphatic carbocycles. The van der Waals surface area contributed by atoms with E-state index in [1.165, 1.54) is 6.92 Å². The number of aromatic carboxylic acids is 1. The summed E-state index contributed by atoms with van der Waals surface area (Å²) in [5, 5.41) is 11.8. The minimum absolute atomic E-state index is 0.112. The summed E-state index contributed by atoms with van der Waals surface area (Å²) >= 11 is 4.50. The fourth-order valence-corrected chi connectivity index (χ4v) is 3.52. The van der Waals surface area contributed by atoms with E-state index in [-0.39, 0.29) is 10.8 Å². The van der Waals surface area contributed by atoms with Crippen molar-refractivity contribution in [2.45, 2.75) is 6.92 Å². The van der Waals surface area contributed by atoms with Crippen molar-refractivity contribution in [3.63, 3.8) is 0 Å². The van der Waals surface area contributed by atoms with E-state index in [1.807, 2.05) is 30.3 Å². The summed E-state index contributed by atoms with van der Waals surface area (Å²) < 4.78 is 0.594. The fourth-order valence-electron chi connectivity index (χ4n) is 1.62. The molecule has 0 bridgehead atoms. The first-order chi connectivity index (χ1) is 9.00. The number of nitrogens with one attached hydrogen (secondary N) is 1. The molecule has 2 rings (SSSR count). The molecule has 6 heteroatoms. The topological polar surface area (TPSA) is 66.4 Å². The van der Waals surface area contributed by atoms with Crippen LogP contribution in [0.2, 0.25) is 0 Å². The lowest BCUT2D eigenvalue weighted by atomic mass is 10.2. The molecule has 1 heterocycles. The normalized spacial score (nSPS) is 10.2. The summed E-state index contributed by atoms with van der Waals surface area (Å²) in [6.07, 6.45) is 0. The SMILES string of the molecule is CC(=O)Nc1c(C(=O)O)sc(-c2ccccc2)c1Br. The molecule has 0 radical (unpaired) electrons. The van der Waals surface area contributed by atoms with Crippen LogP contribution in [0.25, 0.3) is 10.4 Å². The molecule has 2 aromatic rings. The van der Waals surface area contributed by atoms with E-state index in [9.17, 15) is 14.7 Å². The minimum atomic E-state index is -1.06. The summed E-state index contributed by atoms with van der Waals surface area (Å²) in [6, 6.07) is 9.41. The average Bonchev–Trinajstić information content (AvgIpc) is 2.68. The van der Waals surface area contributed by atoms with E-state index in [1.54, 1.807) is 0 Å². The molecule has 0 saturated heterocycles. The first kappa shape index (κ1) is 13.8. The van der Waals surface area contributed by atoms with Gasteiger partial charge in [0.15, 0.2) is 0 Å². The highest BCUT2D eigenvalue weighted by molar-refractivity contribution is 9.10. The fraction of sp³-hybridized carbons (Fsp3) is 0.0769. The van der Waals surface area contributed by atoms with Gasteiger partial charge in [-0.05, 0) is 21.5 Å². The number of benzene rings is 1. The Morgan fingerprint density at radius 3 is 2.42 bits per heavy atom.